The minimum atomic E-state index is -3.96. The van der Waals surface area contributed by atoms with Crippen molar-refractivity contribution >= 4 is 38.9 Å². The number of sulfone groups is 1. The number of aryl methyl sites for hydroxylation is 1. The Labute approximate surface area is 141 Å². The van der Waals surface area contributed by atoms with Gasteiger partial charge in [0, 0.05) is 6.42 Å². The Kier molecular flexibility index (Phi) is 7.39. The summed E-state index contributed by atoms with van der Waals surface area (Å²) in [6, 6.07) is 6.22. The van der Waals surface area contributed by atoms with Crippen LogP contribution in [0.15, 0.2) is 38.7 Å². The van der Waals surface area contributed by atoms with E-state index < -0.39 is 25.3 Å². The van der Waals surface area contributed by atoms with E-state index in [-0.39, 0.29) is 11.3 Å². The average molecular weight is 364 g/mol. The van der Waals surface area contributed by atoms with Crippen LogP contribution in [0.2, 0.25) is 0 Å². The molecule has 4 nitrogen and oxygen atoms in total. The maximum absolute atomic E-state index is 12.5. The highest BCUT2D eigenvalue weighted by atomic mass is 35.5. The van der Waals surface area contributed by atoms with Crippen molar-refractivity contribution in [3.05, 3.63) is 39.3 Å². The molecule has 1 amide bonds. The fourth-order valence-corrected chi connectivity index (χ4v) is 3.66. The first-order valence-electron chi connectivity index (χ1n) is 6.96. The first-order chi connectivity index (χ1) is 10.3. The summed E-state index contributed by atoms with van der Waals surface area (Å²) in [5.74, 6) is -0.419. The fraction of sp³-hybridized carbons (Fsp3) is 0.400. The highest BCUT2D eigenvalue weighted by Gasteiger charge is 2.25. The zero-order valence-electron chi connectivity index (χ0n) is 12.5. The van der Waals surface area contributed by atoms with Crippen LogP contribution in [0, 0.1) is 6.92 Å². The van der Waals surface area contributed by atoms with Gasteiger partial charge in [-0.1, -0.05) is 60.7 Å². The highest BCUT2D eigenvalue weighted by Crippen LogP contribution is 2.24. The third-order valence-corrected chi connectivity index (χ3v) is 5.37. The predicted octanol–water partition coefficient (Wildman–Crippen LogP) is 4.07. The molecule has 0 unspecified atom stereocenters. The SMILES string of the molecule is CCCCCC(=O)NC(=C(Cl)Cl)S(=O)(=O)c1ccc(C)cc1. The van der Waals surface area contributed by atoms with Crippen molar-refractivity contribution in [3.63, 3.8) is 0 Å². The number of carbonyl (C=O) groups excluding carboxylic acids is 1. The van der Waals surface area contributed by atoms with Crippen molar-refractivity contribution in [1.82, 2.24) is 5.32 Å². The van der Waals surface area contributed by atoms with Gasteiger partial charge in [0.25, 0.3) is 0 Å². The summed E-state index contributed by atoms with van der Waals surface area (Å²) in [6.45, 7) is 3.86. The number of halogens is 2. The summed E-state index contributed by atoms with van der Waals surface area (Å²) in [6.07, 6.45) is 2.77. The second-order valence-electron chi connectivity index (χ2n) is 4.91. The van der Waals surface area contributed by atoms with Gasteiger partial charge in [0.2, 0.25) is 15.7 Å². The van der Waals surface area contributed by atoms with Crippen LogP contribution in [0.4, 0.5) is 0 Å². The lowest BCUT2D eigenvalue weighted by Crippen LogP contribution is -2.28. The minimum absolute atomic E-state index is 0.0285. The molecule has 0 saturated heterocycles. The molecule has 7 heteroatoms. The van der Waals surface area contributed by atoms with Crippen LogP contribution in [0.25, 0.3) is 0 Å². The van der Waals surface area contributed by atoms with Crippen LogP contribution >= 0.6 is 23.2 Å². The van der Waals surface area contributed by atoms with Gasteiger partial charge < -0.3 is 5.32 Å². The number of hydrogen-bond donors (Lipinski definition) is 1. The topological polar surface area (TPSA) is 63.2 Å². The van der Waals surface area contributed by atoms with Gasteiger partial charge >= 0.3 is 0 Å². The van der Waals surface area contributed by atoms with E-state index in [1.54, 1.807) is 12.1 Å². The van der Waals surface area contributed by atoms with Gasteiger partial charge in [0.1, 0.15) is 4.49 Å². The molecule has 0 aromatic heterocycles. The van der Waals surface area contributed by atoms with Gasteiger partial charge in [0.05, 0.1) is 4.90 Å². The van der Waals surface area contributed by atoms with E-state index in [1.165, 1.54) is 12.1 Å². The third kappa shape index (κ3) is 5.30. The maximum atomic E-state index is 12.5. The smallest absolute Gasteiger partial charge is 0.224 e. The molecule has 0 radical (unpaired) electrons. The Bertz CT molecular complexity index is 648. The zero-order chi connectivity index (χ0) is 16.8. The Morgan fingerprint density at radius 3 is 2.23 bits per heavy atom. The van der Waals surface area contributed by atoms with Crippen LogP contribution in [-0.2, 0) is 14.6 Å². The molecule has 122 valence electrons. The monoisotopic (exact) mass is 363 g/mol. The number of nitrogens with one attached hydrogen (secondary N) is 1. The summed E-state index contributed by atoms with van der Waals surface area (Å²) >= 11 is 11.3. The second kappa shape index (κ2) is 8.56. The molecule has 0 fully saturated rings. The quantitative estimate of drug-likeness (QED) is 0.742. The van der Waals surface area contributed by atoms with Gasteiger partial charge in [-0.25, -0.2) is 8.42 Å². The number of hydrogen-bond acceptors (Lipinski definition) is 3. The standard InChI is InChI=1S/C15H19Cl2NO3S/c1-3-4-5-6-13(19)18-15(14(16)17)22(20,21)12-9-7-11(2)8-10-12/h7-10H,3-6H2,1-2H3,(H,18,19). The van der Waals surface area contributed by atoms with Crippen molar-refractivity contribution < 1.29 is 13.2 Å². The molecular weight excluding hydrogens is 345 g/mol. The van der Waals surface area contributed by atoms with Gasteiger partial charge in [-0.15, -0.1) is 0 Å². The summed E-state index contributed by atoms with van der Waals surface area (Å²) in [7, 11) is -3.96. The molecule has 1 aromatic rings. The molecule has 1 aromatic carbocycles. The van der Waals surface area contributed by atoms with E-state index in [0.717, 1.165) is 18.4 Å². The van der Waals surface area contributed by atoms with Gasteiger partial charge in [-0.2, -0.15) is 0 Å². The maximum Gasteiger partial charge on any atom is 0.224 e. The number of amides is 1. The van der Waals surface area contributed by atoms with E-state index in [9.17, 15) is 13.2 Å². The molecular formula is C15H19Cl2NO3S. The van der Waals surface area contributed by atoms with E-state index in [4.69, 9.17) is 23.2 Å². The second-order valence-corrected chi connectivity index (χ2v) is 7.75. The fourth-order valence-electron chi connectivity index (χ4n) is 1.78. The van der Waals surface area contributed by atoms with Crippen molar-refractivity contribution in [3.8, 4) is 0 Å². The van der Waals surface area contributed by atoms with Crippen molar-refractivity contribution in [2.24, 2.45) is 0 Å². The van der Waals surface area contributed by atoms with E-state index in [0.29, 0.717) is 6.42 Å². The molecule has 0 spiro atoms. The summed E-state index contributed by atoms with van der Waals surface area (Å²) in [5.41, 5.74) is 0.921. The van der Waals surface area contributed by atoms with Crippen molar-refractivity contribution in [1.29, 1.82) is 0 Å². The number of unbranched alkanes of at least 4 members (excludes halogenated alkanes) is 2. The lowest BCUT2D eigenvalue weighted by atomic mass is 10.2. The highest BCUT2D eigenvalue weighted by molar-refractivity contribution is 7.95. The van der Waals surface area contributed by atoms with Crippen LogP contribution in [0.5, 0.6) is 0 Å². The molecule has 0 atom stereocenters. The molecule has 0 aliphatic rings. The summed E-state index contributed by atoms with van der Waals surface area (Å²) in [4.78, 5) is 11.9. The molecule has 0 aliphatic carbocycles. The van der Waals surface area contributed by atoms with Crippen LogP contribution in [0.1, 0.15) is 38.2 Å². The number of carbonyl (C=O) groups is 1. The van der Waals surface area contributed by atoms with Crippen LogP contribution in [-0.4, -0.2) is 14.3 Å². The Balaban J connectivity index is 2.99. The van der Waals surface area contributed by atoms with E-state index in [1.807, 2.05) is 13.8 Å². The Hall–Kier alpha value is -1.04. The van der Waals surface area contributed by atoms with Gasteiger partial charge in [-0.05, 0) is 25.5 Å². The molecule has 1 N–H and O–H groups in total. The summed E-state index contributed by atoms with van der Waals surface area (Å²) in [5, 5.41) is 1.85. The van der Waals surface area contributed by atoms with E-state index >= 15 is 0 Å². The molecule has 0 bridgehead atoms. The number of rotatable bonds is 7. The zero-order valence-corrected chi connectivity index (χ0v) is 14.9. The Morgan fingerprint density at radius 2 is 1.73 bits per heavy atom. The van der Waals surface area contributed by atoms with Crippen molar-refractivity contribution in [2.75, 3.05) is 0 Å². The normalized spacial score (nSPS) is 11.1. The van der Waals surface area contributed by atoms with Gasteiger partial charge in [0.15, 0.2) is 5.03 Å². The van der Waals surface area contributed by atoms with Crippen LogP contribution < -0.4 is 5.32 Å². The lowest BCUT2D eigenvalue weighted by Gasteiger charge is -2.11. The lowest BCUT2D eigenvalue weighted by molar-refractivity contribution is -0.120. The van der Waals surface area contributed by atoms with Crippen LogP contribution in [0.3, 0.4) is 0 Å². The molecule has 0 saturated carbocycles. The first-order valence-corrected chi connectivity index (χ1v) is 9.19. The largest absolute Gasteiger partial charge is 0.314 e. The predicted molar refractivity (Wildman–Crippen MR) is 89.4 cm³/mol. The average Bonchev–Trinajstić information content (AvgIpc) is 2.45. The number of benzene rings is 1. The minimum Gasteiger partial charge on any atom is -0.314 e. The molecule has 1 rings (SSSR count). The van der Waals surface area contributed by atoms with E-state index in [2.05, 4.69) is 5.32 Å². The summed E-state index contributed by atoms with van der Waals surface area (Å²) < 4.78 is 24.5. The Morgan fingerprint density at radius 1 is 1.14 bits per heavy atom. The third-order valence-electron chi connectivity index (χ3n) is 3.03. The molecule has 22 heavy (non-hydrogen) atoms. The van der Waals surface area contributed by atoms with Crippen molar-refractivity contribution in [2.45, 2.75) is 44.4 Å². The first kappa shape index (κ1) is 19.0. The molecule has 0 aliphatic heterocycles. The molecule has 0 heterocycles. The van der Waals surface area contributed by atoms with Gasteiger partial charge in [-0.3, -0.25) is 4.79 Å².